The highest BCUT2D eigenvalue weighted by molar-refractivity contribution is 5.58. The number of hydrogen-bond acceptors (Lipinski definition) is 0. The summed E-state index contributed by atoms with van der Waals surface area (Å²) in [5.74, 6) is 0. The molecule has 2 rings (SSSR count). The third kappa shape index (κ3) is 2.85. The van der Waals surface area contributed by atoms with Crippen LogP contribution in [0.25, 0.3) is 0 Å². The maximum Gasteiger partial charge on any atom is -0.00856 e. The van der Waals surface area contributed by atoms with Crippen molar-refractivity contribution in [2.75, 3.05) is 0 Å². The van der Waals surface area contributed by atoms with Crippen LogP contribution in [-0.4, -0.2) is 0 Å². The van der Waals surface area contributed by atoms with Crippen LogP contribution in [0.15, 0.2) is 45.6 Å². The van der Waals surface area contributed by atoms with Gasteiger partial charge in [-0.25, -0.2) is 0 Å². The minimum absolute atomic E-state index is 0.275. The summed E-state index contributed by atoms with van der Waals surface area (Å²) >= 11 is 0. The Morgan fingerprint density at radius 3 is 2.20 bits per heavy atom. The molecule has 0 aliphatic heterocycles. The lowest BCUT2D eigenvalue weighted by Gasteiger charge is -2.22. The molecule has 0 spiro atoms. The Morgan fingerprint density at radius 1 is 1.00 bits per heavy atom. The Labute approximate surface area is 125 Å². The zero-order chi connectivity index (χ0) is 14.9. The van der Waals surface area contributed by atoms with Crippen LogP contribution in [-0.2, 0) is 0 Å². The molecular weight excluding hydrogens is 240 g/mol. The highest BCUT2D eigenvalue weighted by Crippen LogP contribution is 2.44. The molecule has 0 bridgehead atoms. The molecule has 20 heavy (non-hydrogen) atoms. The molecule has 0 saturated carbocycles. The maximum atomic E-state index is 2.46. The molecule has 0 fully saturated rings. The van der Waals surface area contributed by atoms with Gasteiger partial charge in [0, 0.05) is 0 Å². The van der Waals surface area contributed by atoms with Crippen LogP contribution in [0.4, 0.5) is 0 Å². The second-order valence-corrected chi connectivity index (χ2v) is 7.33. The van der Waals surface area contributed by atoms with Crippen LogP contribution >= 0.6 is 0 Å². The van der Waals surface area contributed by atoms with Crippen molar-refractivity contribution in [3.63, 3.8) is 0 Å². The van der Waals surface area contributed by atoms with Crippen LogP contribution in [0.2, 0.25) is 0 Å². The van der Waals surface area contributed by atoms with Crippen molar-refractivity contribution < 1.29 is 0 Å². The van der Waals surface area contributed by atoms with Gasteiger partial charge in [0.05, 0.1) is 0 Å². The number of allylic oxidation sites excluding steroid dienone is 8. The first kappa shape index (κ1) is 15.4. The molecule has 0 N–H and O–H groups in total. The average Bonchev–Trinajstić information content (AvgIpc) is 2.89. The molecule has 0 radical (unpaired) electrons. The van der Waals surface area contributed by atoms with E-state index in [1.165, 1.54) is 24.8 Å². The van der Waals surface area contributed by atoms with Crippen LogP contribution < -0.4 is 0 Å². The summed E-state index contributed by atoms with van der Waals surface area (Å²) < 4.78 is 0. The van der Waals surface area contributed by atoms with E-state index in [4.69, 9.17) is 0 Å². The van der Waals surface area contributed by atoms with Crippen molar-refractivity contribution >= 4 is 0 Å². The first-order valence-electron chi connectivity index (χ1n) is 8.16. The molecule has 110 valence electrons. The van der Waals surface area contributed by atoms with E-state index in [-0.39, 0.29) is 5.41 Å². The van der Waals surface area contributed by atoms with Crippen LogP contribution in [0.3, 0.4) is 0 Å². The number of hydrogen-bond donors (Lipinski definition) is 0. The molecule has 0 aromatic heterocycles. The van der Waals surface area contributed by atoms with Gasteiger partial charge in [-0.2, -0.15) is 0 Å². The lowest BCUT2D eigenvalue weighted by Crippen LogP contribution is -2.09. The lowest BCUT2D eigenvalue weighted by atomic mass is 9.82. The summed E-state index contributed by atoms with van der Waals surface area (Å²) in [6.45, 7) is 13.9. The fraction of sp³-hybridized carbons (Fsp3) is 0.600. The van der Waals surface area contributed by atoms with Crippen molar-refractivity contribution in [1.82, 2.24) is 0 Å². The topological polar surface area (TPSA) is 0 Å². The van der Waals surface area contributed by atoms with E-state index in [1.807, 2.05) is 0 Å². The second-order valence-electron chi connectivity index (χ2n) is 7.33. The summed E-state index contributed by atoms with van der Waals surface area (Å²) in [7, 11) is 0. The van der Waals surface area contributed by atoms with Gasteiger partial charge in [0.2, 0.25) is 0 Å². The average molecular weight is 270 g/mol. The van der Waals surface area contributed by atoms with Gasteiger partial charge in [0.1, 0.15) is 0 Å². The summed E-state index contributed by atoms with van der Waals surface area (Å²) in [6, 6.07) is 0. The molecule has 0 saturated heterocycles. The zero-order valence-electron chi connectivity index (χ0n) is 14.2. The third-order valence-electron chi connectivity index (χ3n) is 4.77. The first-order valence-corrected chi connectivity index (χ1v) is 8.16. The highest BCUT2D eigenvalue weighted by atomic mass is 14.3. The van der Waals surface area contributed by atoms with E-state index in [1.54, 1.807) is 27.9 Å². The molecule has 0 heterocycles. The normalized spacial score (nSPS) is 19.9. The fourth-order valence-electron chi connectivity index (χ4n) is 3.64. The molecule has 0 aromatic carbocycles. The Hall–Kier alpha value is -1.04. The van der Waals surface area contributed by atoms with Crippen LogP contribution in [0, 0.1) is 5.41 Å². The van der Waals surface area contributed by atoms with Crippen molar-refractivity contribution in [2.45, 2.75) is 73.6 Å². The predicted octanol–water partition coefficient (Wildman–Crippen LogP) is 6.52. The highest BCUT2D eigenvalue weighted by Gasteiger charge is 2.27. The van der Waals surface area contributed by atoms with E-state index in [0.29, 0.717) is 0 Å². The van der Waals surface area contributed by atoms with Gasteiger partial charge >= 0.3 is 0 Å². The molecule has 0 aromatic rings. The summed E-state index contributed by atoms with van der Waals surface area (Å²) in [6.07, 6.45) is 11.0. The van der Waals surface area contributed by atoms with Gasteiger partial charge in [-0.05, 0) is 72.8 Å². The largest absolute Gasteiger partial charge is 0.0769 e. The molecule has 2 aliphatic rings. The molecule has 0 atom stereocenters. The van der Waals surface area contributed by atoms with Crippen molar-refractivity contribution in [1.29, 1.82) is 0 Å². The molecule has 2 aliphatic carbocycles. The van der Waals surface area contributed by atoms with Gasteiger partial charge in [0.15, 0.2) is 0 Å². The van der Waals surface area contributed by atoms with Crippen molar-refractivity contribution in [2.24, 2.45) is 5.41 Å². The number of rotatable bonds is 4. The van der Waals surface area contributed by atoms with Gasteiger partial charge < -0.3 is 0 Å². The zero-order valence-corrected chi connectivity index (χ0v) is 14.2. The molecular formula is C20H30. The maximum absolute atomic E-state index is 2.46. The van der Waals surface area contributed by atoms with Crippen LogP contribution in [0.5, 0.6) is 0 Å². The van der Waals surface area contributed by atoms with Crippen molar-refractivity contribution in [3.05, 3.63) is 45.6 Å². The Bertz CT molecular complexity index is 513. The second kappa shape index (κ2) is 5.76. The van der Waals surface area contributed by atoms with E-state index in [2.05, 4.69) is 53.7 Å². The predicted molar refractivity (Wildman–Crippen MR) is 89.8 cm³/mol. The van der Waals surface area contributed by atoms with Gasteiger partial charge in [-0.15, -0.1) is 0 Å². The van der Waals surface area contributed by atoms with Crippen molar-refractivity contribution in [3.8, 4) is 0 Å². The van der Waals surface area contributed by atoms with Gasteiger partial charge in [0.25, 0.3) is 0 Å². The smallest absolute Gasteiger partial charge is 0.00856 e. The first-order chi connectivity index (χ1) is 9.36. The Morgan fingerprint density at radius 2 is 1.65 bits per heavy atom. The SMILES string of the molecule is CCCCC1=C(C2=C(C)C(C(C)(C)C)=CC2)CC=C1C. The standard InChI is InChI=1S/C20H30/c1-7-8-9-16-14(2)10-11-18(16)17-12-13-19(15(17)3)20(4,5)6/h10,13H,7-9,11-12H2,1-6H3. The molecule has 0 nitrogen and oxygen atoms in total. The minimum Gasteiger partial charge on any atom is -0.0769 e. The molecule has 0 amide bonds. The minimum atomic E-state index is 0.275. The van der Waals surface area contributed by atoms with E-state index in [9.17, 15) is 0 Å². The van der Waals surface area contributed by atoms with Gasteiger partial charge in [-0.3, -0.25) is 0 Å². The summed E-state index contributed by atoms with van der Waals surface area (Å²) in [5.41, 5.74) is 9.81. The van der Waals surface area contributed by atoms with E-state index >= 15 is 0 Å². The summed E-state index contributed by atoms with van der Waals surface area (Å²) in [4.78, 5) is 0. The van der Waals surface area contributed by atoms with Crippen LogP contribution in [0.1, 0.15) is 73.6 Å². The van der Waals surface area contributed by atoms with Gasteiger partial charge in [-0.1, -0.05) is 51.8 Å². The Kier molecular flexibility index (Phi) is 4.42. The Balaban J connectivity index is 2.33. The van der Waals surface area contributed by atoms with E-state index < -0.39 is 0 Å². The quantitative estimate of drug-likeness (QED) is 0.546. The lowest BCUT2D eigenvalue weighted by molar-refractivity contribution is 0.511. The molecule has 0 unspecified atom stereocenters. The van der Waals surface area contributed by atoms with E-state index in [0.717, 1.165) is 12.8 Å². The summed E-state index contributed by atoms with van der Waals surface area (Å²) in [5, 5.41) is 0. The number of unbranched alkanes of at least 4 members (excludes halogenated alkanes) is 1. The third-order valence-corrected chi connectivity index (χ3v) is 4.77. The monoisotopic (exact) mass is 270 g/mol. The fourth-order valence-corrected chi connectivity index (χ4v) is 3.64. The molecule has 0 heteroatoms.